The van der Waals surface area contributed by atoms with Crippen molar-refractivity contribution in [2.75, 3.05) is 5.73 Å². The number of hydrogen-bond acceptors (Lipinski definition) is 2. The zero-order valence-corrected chi connectivity index (χ0v) is 10.3. The van der Waals surface area contributed by atoms with Gasteiger partial charge in [-0.05, 0) is 35.4 Å². The number of carboxylic acids is 1. The first-order valence-corrected chi connectivity index (χ1v) is 5.80. The molecule has 0 saturated heterocycles. The van der Waals surface area contributed by atoms with Crippen LogP contribution in [0.2, 0.25) is 5.02 Å². The van der Waals surface area contributed by atoms with Gasteiger partial charge in [-0.2, -0.15) is 0 Å². The van der Waals surface area contributed by atoms with Crippen LogP contribution in [0.15, 0.2) is 42.5 Å². The van der Waals surface area contributed by atoms with E-state index in [0.29, 0.717) is 10.7 Å². The maximum atomic E-state index is 10.7. The summed E-state index contributed by atoms with van der Waals surface area (Å²) in [5.41, 5.74) is 9.00. The third-order valence-electron chi connectivity index (χ3n) is 2.63. The van der Waals surface area contributed by atoms with Crippen LogP contribution in [0.1, 0.15) is 5.56 Å². The first-order valence-electron chi connectivity index (χ1n) is 5.42. The number of rotatable bonds is 3. The normalized spacial score (nSPS) is 10.3. The fourth-order valence-electron chi connectivity index (χ4n) is 1.77. The van der Waals surface area contributed by atoms with Crippen molar-refractivity contribution in [1.29, 1.82) is 0 Å². The number of halogens is 1. The van der Waals surface area contributed by atoms with Gasteiger partial charge in [0, 0.05) is 16.3 Å². The van der Waals surface area contributed by atoms with E-state index in [2.05, 4.69) is 0 Å². The van der Waals surface area contributed by atoms with Crippen LogP contribution in [0, 0.1) is 0 Å². The van der Waals surface area contributed by atoms with Crippen LogP contribution in [-0.2, 0) is 11.2 Å². The van der Waals surface area contributed by atoms with Crippen LogP contribution >= 0.6 is 11.6 Å². The number of carboxylic acid groups (broad SMARTS) is 1. The Morgan fingerprint density at radius 1 is 1.17 bits per heavy atom. The van der Waals surface area contributed by atoms with Crippen LogP contribution in [0.4, 0.5) is 5.69 Å². The van der Waals surface area contributed by atoms with Gasteiger partial charge in [-0.25, -0.2) is 0 Å². The molecule has 0 bridgehead atoms. The van der Waals surface area contributed by atoms with Crippen LogP contribution in [0.3, 0.4) is 0 Å². The molecule has 3 nitrogen and oxygen atoms in total. The molecule has 2 aromatic rings. The average molecular weight is 262 g/mol. The number of benzene rings is 2. The molecule has 0 aliphatic heterocycles. The van der Waals surface area contributed by atoms with Gasteiger partial charge in [0.25, 0.3) is 0 Å². The second kappa shape index (κ2) is 5.10. The first-order chi connectivity index (χ1) is 8.56. The number of hydrogen-bond donors (Lipinski definition) is 2. The van der Waals surface area contributed by atoms with Crippen LogP contribution in [0.5, 0.6) is 0 Å². The molecule has 0 atom stereocenters. The Labute approximate surface area is 110 Å². The standard InChI is InChI=1S/C14H12ClNO2/c15-11-4-2-10(3-5-11)12-7-9(8-14(17)18)1-6-13(12)16/h1-7H,8,16H2,(H,17,18). The molecule has 0 fully saturated rings. The SMILES string of the molecule is Nc1ccc(CC(=O)O)cc1-c1ccc(Cl)cc1. The predicted octanol–water partition coefficient (Wildman–Crippen LogP) is 3.22. The topological polar surface area (TPSA) is 63.3 Å². The molecular weight excluding hydrogens is 250 g/mol. The second-order valence-corrected chi connectivity index (χ2v) is 4.44. The molecule has 0 aliphatic carbocycles. The Morgan fingerprint density at radius 2 is 1.83 bits per heavy atom. The molecule has 18 heavy (non-hydrogen) atoms. The molecule has 0 radical (unpaired) electrons. The highest BCUT2D eigenvalue weighted by Gasteiger charge is 2.06. The van der Waals surface area contributed by atoms with Crippen molar-refractivity contribution in [2.45, 2.75) is 6.42 Å². The van der Waals surface area contributed by atoms with E-state index in [0.717, 1.165) is 16.7 Å². The largest absolute Gasteiger partial charge is 0.481 e. The summed E-state index contributed by atoms with van der Waals surface area (Å²) in [5.74, 6) is -0.859. The molecule has 0 unspecified atom stereocenters. The van der Waals surface area contributed by atoms with E-state index < -0.39 is 5.97 Å². The summed E-state index contributed by atoms with van der Waals surface area (Å²) in [6.07, 6.45) is -0.0130. The summed E-state index contributed by atoms with van der Waals surface area (Å²) in [6.45, 7) is 0. The highest BCUT2D eigenvalue weighted by molar-refractivity contribution is 6.30. The molecule has 4 heteroatoms. The molecule has 0 heterocycles. The minimum atomic E-state index is -0.859. The zero-order chi connectivity index (χ0) is 13.1. The number of nitrogens with two attached hydrogens (primary N) is 1. The van der Waals surface area contributed by atoms with Crippen molar-refractivity contribution in [2.24, 2.45) is 0 Å². The summed E-state index contributed by atoms with van der Waals surface area (Å²) in [5, 5.41) is 9.44. The van der Waals surface area contributed by atoms with E-state index in [1.54, 1.807) is 30.3 Å². The molecule has 2 rings (SSSR count). The van der Waals surface area contributed by atoms with Gasteiger partial charge in [0.2, 0.25) is 0 Å². The van der Waals surface area contributed by atoms with Gasteiger partial charge in [0.15, 0.2) is 0 Å². The van der Waals surface area contributed by atoms with Gasteiger partial charge in [-0.1, -0.05) is 29.8 Å². The lowest BCUT2D eigenvalue weighted by Gasteiger charge is -2.08. The van der Waals surface area contributed by atoms with E-state index in [-0.39, 0.29) is 6.42 Å². The summed E-state index contributed by atoms with van der Waals surface area (Å²) in [4.78, 5) is 10.7. The summed E-state index contributed by atoms with van der Waals surface area (Å²) < 4.78 is 0. The van der Waals surface area contributed by atoms with Crippen molar-refractivity contribution >= 4 is 23.3 Å². The Balaban J connectivity index is 2.42. The molecule has 0 aliphatic rings. The Morgan fingerprint density at radius 3 is 2.44 bits per heavy atom. The van der Waals surface area contributed by atoms with E-state index in [4.69, 9.17) is 22.4 Å². The summed E-state index contributed by atoms with van der Waals surface area (Å²) >= 11 is 5.83. The lowest BCUT2D eigenvalue weighted by molar-refractivity contribution is -0.136. The lowest BCUT2D eigenvalue weighted by atomic mass is 10.00. The molecular formula is C14H12ClNO2. The van der Waals surface area contributed by atoms with Gasteiger partial charge in [-0.3, -0.25) is 4.79 Å². The second-order valence-electron chi connectivity index (χ2n) is 4.00. The minimum Gasteiger partial charge on any atom is -0.481 e. The highest BCUT2D eigenvalue weighted by Crippen LogP contribution is 2.28. The maximum absolute atomic E-state index is 10.7. The fraction of sp³-hybridized carbons (Fsp3) is 0.0714. The molecule has 0 aromatic heterocycles. The van der Waals surface area contributed by atoms with Gasteiger partial charge in [-0.15, -0.1) is 0 Å². The Kier molecular flexibility index (Phi) is 3.53. The Hall–Kier alpha value is -2.00. The molecule has 0 spiro atoms. The molecule has 0 amide bonds. The third-order valence-corrected chi connectivity index (χ3v) is 2.88. The van der Waals surface area contributed by atoms with Crippen LogP contribution in [0.25, 0.3) is 11.1 Å². The average Bonchev–Trinajstić information content (AvgIpc) is 2.32. The van der Waals surface area contributed by atoms with Crippen molar-refractivity contribution in [3.8, 4) is 11.1 Å². The van der Waals surface area contributed by atoms with Gasteiger partial charge in [0.1, 0.15) is 0 Å². The summed E-state index contributed by atoms with van der Waals surface area (Å²) in [7, 11) is 0. The van der Waals surface area contributed by atoms with Crippen molar-refractivity contribution < 1.29 is 9.90 Å². The number of anilines is 1. The predicted molar refractivity (Wildman–Crippen MR) is 72.6 cm³/mol. The molecule has 92 valence electrons. The van der Waals surface area contributed by atoms with Crippen LogP contribution < -0.4 is 5.73 Å². The summed E-state index contributed by atoms with van der Waals surface area (Å²) in [6, 6.07) is 12.5. The van der Waals surface area contributed by atoms with Gasteiger partial charge < -0.3 is 10.8 Å². The smallest absolute Gasteiger partial charge is 0.307 e. The van der Waals surface area contributed by atoms with E-state index in [1.807, 2.05) is 12.1 Å². The maximum Gasteiger partial charge on any atom is 0.307 e. The van der Waals surface area contributed by atoms with Crippen molar-refractivity contribution in [3.05, 3.63) is 53.1 Å². The van der Waals surface area contributed by atoms with Crippen molar-refractivity contribution in [1.82, 2.24) is 0 Å². The van der Waals surface area contributed by atoms with E-state index in [1.165, 1.54) is 0 Å². The van der Waals surface area contributed by atoms with Gasteiger partial charge >= 0.3 is 5.97 Å². The monoisotopic (exact) mass is 261 g/mol. The first kappa shape index (κ1) is 12.5. The third kappa shape index (κ3) is 2.81. The van der Waals surface area contributed by atoms with Crippen LogP contribution in [-0.4, -0.2) is 11.1 Å². The quantitative estimate of drug-likeness (QED) is 0.834. The zero-order valence-electron chi connectivity index (χ0n) is 9.56. The Bertz CT molecular complexity index is 579. The van der Waals surface area contributed by atoms with E-state index >= 15 is 0 Å². The van der Waals surface area contributed by atoms with Crippen molar-refractivity contribution in [3.63, 3.8) is 0 Å². The number of carbonyl (C=O) groups is 1. The number of nitrogen functional groups attached to an aromatic ring is 1. The number of aliphatic carboxylic acids is 1. The highest BCUT2D eigenvalue weighted by atomic mass is 35.5. The fourth-order valence-corrected chi connectivity index (χ4v) is 1.89. The molecule has 3 N–H and O–H groups in total. The molecule has 2 aromatic carbocycles. The van der Waals surface area contributed by atoms with Gasteiger partial charge in [0.05, 0.1) is 6.42 Å². The lowest BCUT2D eigenvalue weighted by Crippen LogP contribution is -2.01. The minimum absolute atomic E-state index is 0.0130. The van der Waals surface area contributed by atoms with E-state index in [9.17, 15) is 4.79 Å². The molecule has 0 saturated carbocycles.